The van der Waals surface area contributed by atoms with Crippen molar-refractivity contribution in [3.63, 3.8) is 0 Å². The van der Waals surface area contributed by atoms with Crippen molar-refractivity contribution >= 4 is 0 Å². The molecule has 0 saturated carbocycles. The van der Waals surface area contributed by atoms with E-state index < -0.39 is 0 Å². The largest absolute Gasteiger partial charge is 0.330 e. The van der Waals surface area contributed by atoms with Gasteiger partial charge in [0, 0.05) is 0 Å². The molecule has 1 heteroatoms. The van der Waals surface area contributed by atoms with Crippen LogP contribution in [0.2, 0.25) is 0 Å². The molecule has 1 aromatic rings. The summed E-state index contributed by atoms with van der Waals surface area (Å²) in [5.41, 5.74) is 11.7. The number of rotatable bonds is 2. The highest BCUT2D eigenvalue weighted by atomic mass is 14.5. The van der Waals surface area contributed by atoms with Crippen LogP contribution in [0.1, 0.15) is 47.4 Å². The normalized spacial score (nSPS) is 20.1. The van der Waals surface area contributed by atoms with Crippen molar-refractivity contribution in [2.24, 2.45) is 5.73 Å². The van der Waals surface area contributed by atoms with Gasteiger partial charge in [-0.05, 0) is 74.2 Å². The van der Waals surface area contributed by atoms with Gasteiger partial charge in [0.05, 0.1) is 0 Å². The standard InChI is InChI=1S/C14H21N/c1-10-8-13-5-3-4-12(6-7-15)14(13)9-11(10)2/h8-9,12H,3-7,15H2,1-2H3. The van der Waals surface area contributed by atoms with E-state index in [2.05, 4.69) is 26.0 Å². The van der Waals surface area contributed by atoms with Crippen LogP contribution in [-0.4, -0.2) is 6.54 Å². The van der Waals surface area contributed by atoms with Crippen LogP contribution >= 0.6 is 0 Å². The molecule has 0 amide bonds. The fourth-order valence-electron chi connectivity index (χ4n) is 2.69. The van der Waals surface area contributed by atoms with Crippen LogP contribution < -0.4 is 5.73 Å². The molecule has 15 heavy (non-hydrogen) atoms. The minimum absolute atomic E-state index is 0.720. The molecule has 0 radical (unpaired) electrons. The molecular weight excluding hydrogens is 182 g/mol. The van der Waals surface area contributed by atoms with E-state index in [9.17, 15) is 0 Å². The smallest absolute Gasteiger partial charge is 0.00714 e. The van der Waals surface area contributed by atoms with E-state index in [0.29, 0.717) is 0 Å². The summed E-state index contributed by atoms with van der Waals surface area (Å²) in [6.45, 7) is 5.24. The highest BCUT2D eigenvalue weighted by Gasteiger charge is 2.19. The van der Waals surface area contributed by atoms with Crippen molar-refractivity contribution in [1.82, 2.24) is 0 Å². The van der Waals surface area contributed by atoms with Gasteiger partial charge in [0.2, 0.25) is 0 Å². The van der Waals surface area contributed by atoms with Crippen molar-refractivity contribution in [2.45, 2.75) is 45.4 Å². The van der Waals surface area contributed by atoms with E-state index in [1.807, 2.05) is 0 Å². The minimum atomic E-state index is 0.720. The second-order valence-electron chi connectivity index (χ2n) is 4.80. The molecule has 0 saturated heterocycles. The number of hydrogen-bond acceptors (Lipinski definition) is 1. The zero-order valence-electron chi connectivity index (χ0n) is 9.84. The van der Waals surface area contributed by atoms with Gasteiger partial charge in [0.15, 0.2) is 0 Å². The Morgan fingerprint density at radius 3 is 2.73 bits per heavy atom. The first kappa shape index (κ1) is 10.7. The Hall–Kier alpha value is -0.820. The third kappa shape index (κ3) is 2.07. The van der Waals surface area contributed by atoms with Gasteiger partial charge in [-0.25, -0.2) is 0 Å². The molecule has 1 atom stereocenters. The topological polar surface area (TPSA) is 26.0 Å². The lowest BCUT2D eigenvalue weighted by Gasteiger charge is -2.26. The predicted octanol–water partition coefficient (Wildman–Crippen LogP) is 3.07. The number of fused-ring (bicyclic) bond motifs is 1. The molecule has 2 rings (SSSR count). The molecule has 2 N–H and O–H groups in total. The average Bonchev–Trinajstić information content (AvgIpc) is 2.21. The van der Waals surface area contributed by atoms with Crippen LogP contribution in [0.25, 0.3) is 0 Å². The number of aryl methyl sites for hydroxylation is 3. The first-order chi connectivity index (χ1) is 7.22. The lowest BCUT2D eigenvalue weighted by atomic mass is 9.79. The Balaban J connectivity index is 2.38. The molecule has 0 aliphatic heterocycles. The van der Waals surface area contributed by atoms with E-state index in [4.69, 9.17) is 5.73 Å². The van der Waals surface area contributed by atoms with Gasteiger partial charge in [-0.1, -0.05) is 12.1 Å². The summed E-state index contributed by atoms with van der Waals surface area (Å²) >= 11 is 0. The maximum absolute atomic E-state index is 5.68. The molecule has 0 fully saturated rings. The first-order valence-corrected chi connectivity index (χ1v) is 6.02. The zero-order chi connectivity index (χ0) is 10.8. The Morgan fingerprint density at radius 2 is 2.00 bits per heavy atom. The zero-order valence-corrected chi connectivity index (χ0v) is 9.84. The Morgan fingerprint density at radius 1 is 1.27 bits per heavy atom. The third-order valence-corrected chi connectivity index (χ3v) is 3.71. The molecule has 1 aliphatic rings. The molecule has 0 heterocycles. The molecular formula is C14H21N. The molecule has 1 nitrogen and oxygen atoms in total. The van der Waals surface area contributed by atoms with Gasteiger partial charge >= 0.3 is 0 Å². The summed E-state index contributed by atoms with van der Waals surface area (Å²) in [7, 11) is 0. The van der Waals surface area contributed by atoms with Crippen molar-refractivity contribution in [3.05, 3.63) is 34.4 Å². The van der Waals surface area contributed by atoms with Crippen LogP contribution in [0.5, 0.6) is 0 Å². The summed E-state index contributed by atoms with van der Waals surface area (Å²) in [6.07, 6.45) is 5.07. The number of benzene rings is 1. The van der Waals surface area contributed by atoms with Gasteiger partial charge in [0.25, 0.3) is 0 Å². The minimum Gasteiger partial charge on any atom is -0.330 e. The lowest BCUT2D eigenvalue weighted by Crippen LogP contribution is -2.14. The van der Waals surface area contributed by atoms with Crippen molar-refractivity contribution in [3.8, 4) is 0 Å². The fourth-order valence-corrected chi connectivity index (χ4v) is 2.69. The summed E-state index contributed by atoms with van der Waals surface area (Å²) in [5.74, 6) is 0.720. The number of hydrogen-bond donors (Lipinski definition) is 1. The maximum atomic E-state index is 5.68. The SMILES string of the molecule is Cc1cc2c(cc1C)C(CCN)CCC2. The Kier molecular flexibility index (Phi) is 3.11. The van der Waals surface area contributed by atoms with E-state index in [0.717, 1.165) is 18.9 Å². The molecule has 82 valence electrons. The monoisotopic (exact) mass is 203 g/mol. The van der Waals surface area contributed by atoms with Gasteiger partial charge < -0.3 is 5.73 Å². The molecule has 0 bridgehead atoms. The van der Waals surface area contributed by atoms with Gasteiger partial charge in [-0.2, -0.15) is 0 Å². The van der Waals surface area contributed by atoms with Crippen molar-refractivity contribution in [2.75, 3.05) is 6.54 Å². The summed E-state index contributed by atoms with van der Waals surface area (Å²) in [6, 6.07) is 4.78. The Bertz CT molecular complexity index is 355. The third-order valence-electron chi connectivity index (χ3n) is 3.71. The van der Waals surface area contributed by atoms with Gasteiger partial charge in [0.1, 0.15) is 0 Å². The van der Waals surface area contributed by atoms with Crippen molar-refractivity contribution < 1.29 is 0 Å². The van der Waals surface area contributed by atoms with E-state index in [-0.39, 0.29) is 0 Å². The molecule has 0 aromatic heterocycles. The second-order valence-corrected chi connectivity index (χ2v) is 4.80. The molecule has 1 aromatic carbocycles. The first-order valence-electron chi connectivity index (χ1n) is 6.02. The van der Waals surface area contributed by atoms with Gasteiger partial charge in [-0.3, -0.25) is 0 Å². The van der Waals surface area contributed by atoms with Crippen LogP contribution in [0.15, 0.2) is 12.1 Å². The predicted molar refractivity (Wildman–Crippen MR) is 65.3 cm³/mol. The highest BCUT2D eigenvalue weighted by Crippen LogP contribution is 2.35. The highest BCUT2D eigenvalue weighted by molar-refractivity contribution is 5.40. The van der Waals surface area contributed by atoms with E-state index in [1.165, 1.54) is 30.4 Å². The van der Waals surface area contributed by atoms with Crippen LogP contribution in [0.4, 0.5) is 0 Å². The fraction of sp³-hybridized carbons (Fsp3) is 0.571. The average molecular weight is 203 g/mol. The van der Waals surface area contributed by atoms with Crippen LogP contribution in [0.3, 0.4) is 0 Å². The quantitative estimate of drug-likeness (QED) is 0.785. The van der Waals surface area contributed by atoms with E-state index in [1.54, 1.807) is 11.1 Å². The summed E-state index contributed by atoms with van der Waals surface area (Å²) in [5, 5.41) is 0. The summed E-state index contributed by atoms with van der Waals surface area (Å²) in [4.78, 5) is 0. The van der Waals surface area contributed by atoms with Crippen LogP contribution in [0, 0.1) is 13.8 Å². The summed E-state index contributed by atoms with van der Waals surface area (Å²) < 4.78 is 0. The number of nitrogens with two attached hydrogens (primary N) is 1. The molecule has 1 unspecified atom stereocenters. The van der Waals surface area contributed by atoms with E-state index >= 15 is 0 Å². The molecule has 0 spiro atoms. The lowest BCUT2D eigenvalue weighted by molar-refractivity contribution is 0.525. The molecule has 1 aliphatic carbocycles. The van der Waals surface area contributed by atoms with Crippen LogP contribution in [-0.2, 0) is 6.42 Å². The maximum Gasteiger partial charge on any atom is -0.00714 e. The second kappa shape index (κ2) is 4.36. The Labute approximate surface area is 92.7 Å². The van der Waals surface area contributed by atoms with Crippen molar-refractivity contribution in [1.29, 1.82) is 0 Å². The van der Waals surface area contributed by atoms with Gasteiger partial charge in [-0.15, -0.1) is 0 Å².